The number of ether oxygens (including phenoxy) is 3. The van der Waals surface area contributed by atoms with Crippen LogP contribution in [0.1, 0.15) is 74.1 Å². The number of alkyl carbamates (subject to hydrolysis) is 1. The number of carboxylic acids is 1. The van der Waals surface area contributed by atoms with Crippen LogP contribution in [0.15, 0.2) is 23.8 Å². The van der Waals surface area contributed by atoms with Crippen LogP contribution in [0, 0.1) is 22.7 Å². The molecule has 12 heteroatoms. The number of carbonyl (C=O) groups is 4. The molecule has 44 heavy (non-hydrogen) atoms. The van der Waals surface area contributed by atoms with Crippen LogP contribution in [0.25, 0.3) is 0 Å². The summed E-state index contributed by atoms with van der Waals surface area (Å²) in [5.41, 5.74) is -5.85. The van der Waals surface area contributed by atoms with Gasteiger partial charge in [0, 0.05) is 22.5 Å². The third-order valence-electron chi connectivity index (χ3n) is 10.6. The Balaban J connectivity index is 1.40. The number of Topliss-reactive ketones (excluding diaryl/α,β-unsaturated/α-hetero) is 1. The van der Waals surface area contributed by atoms with E-state index >= 15 is 4.39 Å². The van der Waals surface area contributed by atoms with Crippen molar-refractivity contribution in [1.82, 2.24) is 5.32 Å². The zero-order valence-electron chi connectivity index (χ0n) is 26.4. The average Bonchev–Trinajstić information content (AvgIpc) is 3.29. The van der Waals surface area contributed by atoms with Crippen LogP contribution in [-0.4, -0.2) is 86.3 Å². The summed E-state index contributed by atoms with van der Waals surface area (Å²) < 4.78 is 35.6. The quantitative estimate of drug-likeness (QED) is 0.372. The number of carbonyl (C=O) groups excluding carboxylic acids is 3. The van der Waals surface area contributed by atoms with E-state index in [0.717, 1.165) is 11.8 Å². The molecule has 1 saturated heterocycles. The molecular weight excluding hydrogens is 593 g/mol. The molecule has 0 aromatic heterocycles. The van der Waals surface area contributed by atoms with Crippen molar-refractivity contribution in [2.24, 2.45) is 22.7 Å². The minimum atomic E-state index is -2.06. The fourth-order valence-corrected chi connectivity index (χ4v) is 9.79. The van der Waals surface area contributed by atoms with Crippen LogP contribution in [0.4, 0.5) is 9.18 Å². The molecule has 9 atom stereocenters. The van der Waals surface area contributed by atoms with Crippen molar-refractivity contribution < 1.29 is 48.0 Å². The Bertz CT molecular complexity index is 1320. The zero-order valence-corrected chi connectivity index (χ0v) is 27.2. The third kappa shape index (κ3) is 4.95. The van der Waals surface area contributed by atoms with E-state index in [1.807, 2.05) is 6.92 Å². The van der Waals surface area contributed by atoms with E-state index in [1.165, 1.54) is 12.2 Å². The Morgan fingerprint density at radius 3 is 2.52 bits per heavy atom. The maximum atomic E-state index is 17.6. The molecule has 4 fully saturated rings. The number of alkyl halides is 1. The van der Waals surface area contributed by atoms with Crippen LogP contribution >= 0.6 is 11.8 Å². The van der Waals surface area contributed by atoms with E-state index in [9.17, 15) is 29.4 Å². The molecule has 0 aromatic rings. The number of aliphatic hydroxyl groups is 1. The molecule has 3 N–H and O–H groups in total. The van der Waals surface area contributed by atoms with Gasteiger partial charge in [-0.25, -0.2) is 14.0 Å². The van der Waals surface area contributed by atoms with E-state index in [-0.39, 0.29) is 35.4 Å². The summed E-state index contributed by atoms with van der Waals surface area (Å²) >= 11 is 1.04. The first-order valence-corrected chi connectivity index (χ1v) is 16.4. The average molecular weight is 638 g/mol. The van der Waals surface area contributed by atoms with Crippen LogP contribution in [-0.2, 0) is 28.6 Å². The standard InChI is InChI=1S/C32H44FNO9S/c1-27(2,3)42-26(40)34-21(25(38)39)15-44-16-23(37)32-24(41-28(4,5)43-32)13-20-19-9-8-17-12-18(35)10-11-29(17,6)31(19,33)22(36)14-30(20,32)7/h10-12,19-22,24,36H,8-9,13-16H2,1-7H3,(H,34,40)(H,38,39)/t19-,20-,21?,22-,24+,29-,30-,31-,32+/m0/s1. The molecule has 0 aromatic carbocycles. The molecule has 5 aliphatic rings. The Morgan fingerprint density at radius 1 is 1.20 bits per heavy atom. The minimum absolute atomic E-state index is 0.0559. The highest BCUT2D eigenvalue weighted by Gasteiger charge is 2.79. The summed E-state index contributed by atoms with van der Waals surface area (Å²) in [5.74, 6) is -4.14. The smallest absolute Gasteiger partial charge is 0.408 e. The molecule has 0 radical (unpaired) electrons. The minimum Gasteiger partial charge on any atom is -0.480 e. The van der Waals surface area contributed by atoms with Crippen LogP contribution in [0.3, 0.4) is 0 Å². The molecule has 4 aliphatic carbocycles. The van der Waals surface area contributed by atoms with Gasteiger partial charge in [0.1, 0.15) is 11.6 Å². The fraction of sp³-hybridized carbons (Fsp3) is 0.750. The van der Waals surface area contributed by atoms with Crippen molar-refractivity contribution in [1.29, 1.82) is 0 Å². The van der Waals surface area contributed by atoms with Gasteiger partial charge in [-0.1, -0.05) is 18.6 Å². The number of ketones is 2. The van der Waals surface area contributed by atoms with Gasteiger partial charge in [-0.15, -0.1) is 0 Å². The number of hydrogen-bond donors (Lipinski definition) is 3. The van der Waals surface area contributed by atoms with Gasteiger partial charge in [0.05, 0.1) is 18.0 Å². The van der Waals surface area contributed by atoms with Gasteiger partial charge in [-0.2, -0.15) is 11.8 Å². The second kappa shape index (κ2) is 10.6. The number of rotatable bonds is 7. The van der Waals surface area contributed by atoms with E-state index in [0.29, 0.717) is 24.8 Å². The highest BCUT2D eigenvalue weighted by atomic mass is 32.2. The lowest BCUT2D eigenvalue weighted by Gasteiger charge is -2.62. The number of hydrogen-bond acceptors (Lipinski definition) is 9. The van der Waals surface area contributed by atoms with Gasteiger partial charge in [0.15, 0.2) is 28.6 Å². The molecule has 0 bridgehead atoms. The molecule has 3 saturated carbocycles. The van der Waals surface area contributed by atoms with E-state index in [4.69, 9.17) is 14.2 Å². The van der Waals surface area contributed by atoms with Crippen LogP contribution in [0.5, 0.6) is 0 Å². The number of fused-ring (bicyclic) bond motifs is 7. The van der Waals surface area contributed by atoms with E-state index < -0.39 is 69.7 Å². The highest BCUT2D eigenvalue weighted by molar-refractivity contribution is 8.00. The molecule has 0 spiro atoms. The molecule has 10 nitrogen and oxygen atoms in total. The molecule has 1 amide bonds. The van der Waals surface area contributed by atoms with Crippen LogP contribution in [0.2, 0.25) is 0 Å². The predicted molar refractivity (Wildman–Crippen MR) is 160 cm³/mol. The molecule has 1 unspecified atom stereocenters. The SMILES string of the molecule is CC(C)(C)OC(=O)NC(CSCC(=O)[C@@]12OC(C)(C)O[C@@H]1C[C@H]1[C@@H]3CCC4=CC(=O)C=C[C@]4(C)[C@@]3(F)[C@@H](O)C[C@@]12C)C(=O)O. The first-order valence-electron chi connectivity index (χ1n) is 15.2. The number of carboxylic acid groups (broad SMARTS) is 1. The number of thioether (sulfide) groups is 1. The van der Waals surface area contributed by atoms with E-state index in [2.05, 4.69) is 5.32 Å². The number of allylic oxidation sites excluding steroid dienone is 4. The molecule has 5 rings (SSSR count). The lowest BCUT2D eigenvalue weighted by atomic mass is 9.44. The summed E-state index contributed by atoms with van der Waals surface area (Å²) in [6.45, 7) is 12.1. The molecule has 1 aliphatic heterocycles. The fourth-order valence-electron chi connectivity index (χ4n) is 8.81. The second-order valence-corrected chi connectivity index (χ2v) is 15.9. The Hall–Kier alpha value is -2.28. The van der Waals surface area contributed by atoms with Crippen molar-refractivity contribution in [3.05, 3.63) is 23.8 Å². The van der Waals surface area contributed by atoms with Gasteiger partial charge in [0.25, 0.3) is 0 Å². The maximum absolute atomic E-state index is 17.6. The Kier molecular flexibility index (Phi) is 8.00. The molecule has 1 heterocycles. The van der Waals surface area contributed by atoms with Gasteiger partial charge >= 0.3 is 12.1 Å². The second-order valence-electron chi connectivity index (χ2n) is 14.8. The highest BCUT2D eigenvalue weighted by Crippen LogP contribution is 2.72. The van der Waals surface area contributed by atoms with Gasteiger partial charge in [0.2, 0.25) is 0 Å². The molecular formula is C32H44FNO9S. The molecule has 244 valence electrons. The first-order chi connectivity index (χ1) is 20.2. The first kappa shape index (κ1) is 33.1. The van der Waals surface area contributed by atoms with Crippen LogP contribution < -0.4 is 5.32 Å². The lowest BCUT2D eigenvalue weighted by molar-refractivity contribution is -0.245. The topological polar surface area (TPSA) is 148 Å². The van der Waals surface area contributed by atoms with Crippen molar-refractivity contribution in [3.8, 4) is 0 Å². The summed E-state index contributed by atoms with van der Waals surface area (Å²) in [5, 5.41) is 23.7. The normalized spacial score (nSPS) is 41.0. The zero-order chi connectivity index (χ0) is 32.7. The largest absolute Gasteiger partial charge is 0.480 e. The van der Waals surface area contributed by atoms with Crippen molar-refractivity contribution >= 4 is 35.4 Å². The number of amides is 1. The monoisotopic (exact) mass is 637 g/mol. The number of halogens is 1. The summed E-state index contributed by atoms with van der Waals surface area (Å²) in [7, 11) is 0. The summed E-state index contributed by atoms with van der Waals surface area (Å²) in [6.07, 6.45) is 2.64. The number of aliphatic carboxylic acids is 1. The summed E-state index contributed by atoms with van der Waals surface area (Å²) in [6, 6.07) is -1.30. The number of aliphatic hydroxyl groups excluding tert-OH is 1. The number of nitrogens with one attached hydrogen (secondary N) is 1. The maximum Gasteiger partial charge on any atom is 0.408 e. The predicted octanol–water partition coefficient (Wildman–Crippen LogP) is 4.14. The summed E-state index contributed by atoms with van der Waals surface area (Å²) in [4.78, 5) is 50.5. The lowest BCUT2D eigenvalue weighted by Crippen LogP contribution is -2.69. The van der Waals surface area contributed by atoms with Crippen molar-refractivity contribution in [2.45, 2.75) is 115 Å². The van der Waals surface area contributed by atoms with Gasteiger partial charge in [-0.3, -0.25) is 9.59 Å². The Morgan fingerprint density at radius 2 is 1.89 bits per heavy atom. The van der Waals surface area contributed by atoms with Crippen molar-refractivity contribution in [2.75, 3.05) is 11.5 Å². The van der Waals surface area contributed by atoms with Gasteiger partial charge in [-0.05, 0) is 85.3 Å². The van der Waals surface area contributed by atoms with Crippen molar-refractivity contribution in [3.63, 3.8) is 0 Å². The third-order valence-corrected chi connectivity index (χ3v) is 11.6. The Labute approximate surface area is 261 Å². The van der Waals surface area contributed by atoms with Gasteiger partial charge < -0.3 is 29.7 Å². The van der Waals surface area contributed by atoms with E-state index in [1.54, 1.807) is 47.6 Å².